The lowest BCUT2D eigenvalue weighted by atomic mass is 10.2. The fraction of sp³-hybridized carbons (Fsp3) is 0.357. The number of aromatic nitrogens is 1. The molecule has 0 fully saturated rings. The third kappa shape index (κ3) is 4.22. The van der Waals surface area contributed by atoms with Gasteiger partial charge in [-0.25, -0.2) is 4.98 Å². The largest absolute Gasteiger partial charge is 0.489 e. The molecule has 0 spiro atoms. The van der Waals surface area contributed by atoms with Crippen molar-refractivity contribution in [1.29, 1.82) is 0 Å². The molecule has 4 nitrogen and oxygen atoms in total. The molecule has 1 aromatic carbocycles. The van der Waals surface area contributed by atoms with Gasteiger partial charge in [0.05, 0.1) is 30.0 Å². The van der Waals surface area contributed by atoms with Gasteiger partial charge in [-0.3, -0.25) is 0 Å². The highest BCUT2D eigenvalue weighted by molar-refractivity contribution is 7.07. The van der Waals surface area contributed by atoms with E-state index < -0.39 is 0 Å². The van der Waals surface area contributed by atoms with Crippen LogP contribution in [0.15, 0.2) is 29.1 Å². The summed E-state index contributed by atoms with van der Waals surface area (Å²) in [7, 11) is 1.67. The van der Waals surface area contributed by atoms with Gasteiger partial charge in [-0.1, -0.05) is 6.07 Å². The van der Waals surface area contributed by atoms with Gasteiger partial charge in [0, 0.05) is 12.5 Å². The Morgan fingerprint density at radius 1 is 1.32 bits per heavy atom. The van der Waals surface area contributed by atoms with E-state index in [1.807, 2.05) is 29.9 Å². The van der Waals surface area contributed by atoms with Crippen molar-refractivity contribution in [2.45, 2.75) is 13.5 Å². The van der Waals surface area contributed by atoms with Crippen molar-refractivity contribution in [3.8, 4) is 5.75 Å². The highest BCUT2D eigenvalue weighted by Crippen LogP contribution is 2.26. The lowest BCUT2D eigenvalue weighted by Crippen LogP contribution is -2.07. The molecule has 0 aliphatic heterocycles. The Morgan fingerprint density at radius 3 is 2.95 bits per heavy atom. The molecule has 0 atom stereocenters. The molecular weight excluding hydrogens is 260 g/mol. The highest BCUT2D eigenvalue weighted by atomic mass is 32.1. The predicted octanol–water partition coefficient (Wildman–Crippen LogP) is 3.09. The molecule has 0 amide bonds. The van der Waals surface area contributed by atoms with Gasteiger partial charge in [0.15, 0.2) is 0 Å². The molecule has 5 heteroatoms. The van der Waals surface area contributed by atoms with Crippen LogP contribution in [0.2, 0.25) is 0 Å². The van der Waals surface area contributed by atoms with E-state index in [4.69, 9.17) is 9.47 Å². The molecule has 0 aliphatic carbocycles. The number of benzene rings is 1. The number of thiazole rings is 1. The van der Waals surface area contributed by atoms with Crippen molar-refractivity contribution < 1.29 is 9.47 Å². The van der Waals surface area contributed by atoms with Gasteiger partial charge in [-0.05, 0) is 24.6 Å². The molecule has 0 bridgehead atoms. The molecule has 1 N–H and O–H groups in total. The Kier molecular flexibility index (Phi) is 5.18. The quantitative estimate of drug-likeness (QED) is 0.790. The summed E-state index contributed by atoms with van der Waals surface area (Å²) in [5, 5.41) is 5.38. The van der Waals surface area contributed by atoms with Crippen molar-refractivity contribution in [1.82, 2.24) is 4.98 Å². The van der Waals surface area contributed by atoms with Gasteiger partial charge in [0.2, 0.25) is 0 Å². The van der Waals surface area contributed by atoms with E-state index in [2.05, 4.69) is 16.4 Å². The fourth-order valence-electron chi connectivity index (χ4n) is 1.64. The minimum Gasteiger partial charge on any atom is -0.489 e. The molecule has 0 unspecified atom stereocenters. The molecule has 0 aliphatic rings. The Hall–Kier alpha value is -1.59. The van der Waals surface area contributed by atoms with Crippen LogP contribution in [-0.4, -0.2) is 25.3 Å². The smallest absolute Gasteiger partial charge is 0.142 e. The van der Waals surface area contributed by atoms with Crippen LogP contribution >= 0.6 is 11.3 Å². The first-order valence-electron chi connectivity index (χ1n) is 6.13. The van der Waals surface area contributed by atoms with Crippen LogP contribution in [0, 0.1) is 6.92 Å². The zero-order valence-corrected chi connectivity index (χ0v) is 12.0. The normalized spacial score (nSPS) is 10.4. The number of anilines is 1. The maximum atomic E-state index is 5.72. The number of hydrogen-bond acceptors (Lipinski definition) is 5. The molecular formula is C14H18N2O2S. The van der Waals surface area contributed by atoms with Crippen molar-refractivity contribution in [3.05, 3.63) is 40.3 Å². The van der Waals surface area contributed by atoms with E-state index in [1.54, 1.807) is 18.4 Å². The molecule has 1 aromatic heterocycles. The van der Waals surface area contributed by atoms with Gasteiger partial charge < -0.3 is 14.8 Å². The van der Waals surface area contributed by atoms with Crippen LogP contribution in [0.25, 0.3) is 0 Å². The lowest BCUT2D eigenvalue weighted by molar-refractivity contribution is 0.146. The van der Waals surface area contributed by atoms with Gasteiger partial charge >= 0.3 is 0 Å². The fourth-order valence-corrected chi connectivity index (χ4v) is 2.20. The Balaban J connectivity index is 2.01. The van der Waals surface area contributed by atoms with Crippen molar-refractivity contribution in [2.24, 2.45) is 0 Å². The van der Waals surface area contributed by atoms with E-state index in [0.717, 1.165) is 17.1 Å². The highest BCUT2D eigenvalue weighted by Gasteiger charge is 2.04. The zero-order valence-electron chi connectivity index (χ0n) is 11.2. The van der Waals surface area contributed by atoms with Gasteiger partial charge in [-0.2, -0.15) is 0 Å². The van der Waals surface area contributed by atoms with E-state index in [0.29, 0.717) is 19.8 Å². The first-order chi connectivity index (χ1) is 9.29. The third-order valence-electron chi connectivity index (χ3n) is 2.63. The van der Waals surface area contributed by atoms with E-state index >= 15 is 0 Å². The zero-order chi connectivity index (χ0) is 13.5. The van der Waals surface area contributed by atoms with Crippen LogP contribution in [0.4, 0.5) is 5.69 Å². The van der Waals surface area contributed by atoms with Crippen molar-refractivity contribution in [3.63, 3.8) is 0 Å². The first-order valence-corrected chi connectivity index (χ1v) is 7.07. The predicted molar refractivity (Wildman–Crippen MR) is 78.0 cm³/mol. The summed E-state index contributed by atoms with van der Waals surface area (Å²) >= 11 is 1.60. The number of rotatable bonds is 7. The summed E-state index contributed by atoms with van der Waals surface area (Å²) in [6.07, 6.45) is 0. The number of nitrogens with zero attached hydrogens (tertiary/aromatic N) is 1. The summed E-state index contributed by atoms with van der Waals surface area (Å²) in [5.74, 6) is 0.854. The standard InChI is InChI=1S/C14H18N2O2S/c1-11-3-4-13(14(7-11)18-6-5-17-2)15-8-12-9-19-10-16-12/h3-4,7,9-10,15H,5-6,8H2,1-2H3. The number of nitrogens with one attached hydrogen (secondary N) is 1. The topological polar surface area (TPSA) is 43.4 Å². The van der Waals surface area contributed by atoms with E-state index in [1.165, 1.54) is 5.56 Å². The number of methoxy groups -OCH3 is 1. The summed E-state index contributed by atoms with van der Waals surface area (Å²) in [5.41, 5.74) is 5.03. The Bertz CT molecular complexity index is 500. The number of ether oxygens (including phenoxy) is 2. The SMILES string of the molecule is COCCOc1cc(C)ccc1NCc1cscn1. The average Bonchev–Trinajstić information content (AvgIpc) is 2.91. The minimum atomic E-state index is 0.547. The van der Waals surface area contributed by atoms with Crippen LogP contribution in [0.3, 0.4) is 0 Å². The number of aryl methyl sites for hydroxylation is 1. The van der Waals surface area contributed by atoms with Crippen LogP contribution in [0.1, 0.15) is 11.3 Å². The molecule has 0 radical (unpaired) electrons. The summed E-state index contributed by atoms with van der Waals surface area (Å²) in [4.78, 5) is 4.25. The minimum absolute atomic E-state index is 0.547. The summed E-state index contributed by atoms with van der Waals surface area (Å²) in [6.45, 7) is 3.88. The van der Waals surface area contributed by atoms with Crippen molar-refractivity contribution in [2.75, 3.05) is 25.6 Å². The second-order valence-corrected chi connectivity index (χ2v) is 4.89. The molecule has 0 saturated heterocycles. The molecule has 2 aromatic rings. The van der Waals surface area contributed by atoms with E-state index in [9.17, 15) is 0 Å². The first kappa shape index (κ1) is 13.8. The number of hydrogen-bond donors (Lipinski definition) is 1. The average molecular weight is 278 g/mol. The van der Waals surface area contributed by atoms with Gasteiger partial charge in [-0.15, -0.1) is 11.3 Å². The Morgan fingerprint density at radius 2 is 2.21 bits per heavy atom. The maximum absolute atomic E-state index is 5.72. The molecule has 19 heavy (non-hydrogen) atoms. The summed E-state index contributed by atoms with van der Waals surface area (Å²) in [6, 6.07) is 6.12. The van der Waals surface area contributed by atoms with Gasteiger partial charge in [0.25, 0.3) is 0 Å². The molecule has 102 valence electrons. The maximum Gasteiger partial charge on any atom is 0.142 e. The van der Waals surface area contributed by atoms with Crippen LogP contribution in [0.5, 0.6) is 5.75 Å². The Labute approximate surface area is 117 Å². The lowest BCUT2D eigenvalue weighted by Gasteiger charge is -2.13. The monoisotopic (exact) mass is 278 g/mol. The van der Waals surface area contributed by atoms with Gasteiger partial charge in [0.1, 0.15) is 12.4 Å². The summed E-state index contributed by atoms with van der Waals surface area (Å²) < 4.78 is 10.7. The van der Waals surface area contributed by atoms with Crippen molar-refractivity contribution >= 4 is 17.0 Å². The van der Waals surface area contributed by atoms with E-state index in [-0.39, 0.29) is 0 Å². The second kappa shape index (κ2) is 7.11. The third-order valence-corrected chi connectivity index (χ3v) is 3.26. The second-order valence-electron chi connectivity index (χ2n) is 4.17. The molecule has 1 heterocycles. The molecule has 2 rings (SSSR count). The van der Waals surface area contributed by atoms with Crippen LogP contribution in [-0.2, 0) is 11.3 Å². The molecule has 0 saturated carbocycles. The van der Waals surface area contributed by atoms with Crippen LogP contribution < -0.4 is 10.1 Å².